The van der Waals surface area contributed by atoms with Crippen molar-refractivity contribution in [2.45, 2.75) is 38.0 Å². The Morgan fingerprint density at radius 1 is 1.39 bits per heavy atom. The zero-order valence-electron chi connectivity index (χ0n) is 10.6. The van der Waals surface area contributed by atoms with Crippen LogP contribution in [0.15, 0.2) is 24.3 Å². The van der Waals surface area contributed by atoms with Gasteiger partial charge in [-0.15, -0.1) is 0 Å². The minimum atomic E-state index is -3.30. The molecule has 1 atom stereocenters. The van der Waals surface area contributed by atoms with Crippen LogP contribution in [0.4, 0.5) is 5.69 Å². The molecule has 1 saturated carbocycles. The van der Waals surface area contributed by atoms with Crippen molar-refractivity contribution in [1.29, 1.82) is 0 Å². The molecule has 0 aliphatic heterocycles. The molecule has 1 unspecified atom stereocenters. The third-order valence-corrected chi connectivity index (χ3v) is 4.62. The van der Waals surface area contributed by atoms with E-state index < -0.39 is 10.0 Å². The van der Waals surface area contributed by atoms with Crippen LogP contribution in [0.25, 0.3) is 0 Å². The number of anilines is 1. The lowest BCUT2D eigenvalue weighted by Crippen LogP contribution is -2.34. The topological polar surface area (TPSA) is 72.2 Å². The van der Waals surface area contributed by atoms with E-state index in [4.69, 9.17) is 5.73 Å². The summed E-state index contributed by atoms with van der Waals surface area (Å²) in [6.07, 6.45) is 3.40. The van der Waals surface area contributed by atoms with Gasteiger partial charge in [-0.05, 0) is 30.9 Å². The Balaban J connectivity index is 1.96. The molecule has 4 nitrogen and oxygen atoms in total. The lowest BCUT2D eigenvalue weighted by atomic mass is 10.2. The Morgan fingerprint density at radius 3 is 2.67 bits per heavy atom. The molecule has 3 N–H and O–H groups in total. The molecule has 0 spiro atoms. The number of nitrogens with two attached hydrogens (primary N) is 1. The van der Waals surface area contributed by atoms with Crippen LogP contribution in [0.3, 0.4) is 0 Å². The second-order valence-corrected chi connectivity index (χ2v) is 6.91. The smallest absolute Gasteiger partial charge is 0.216 e. The summed E-state index contributed by atoms with van der Waals surface area (Å²) >= 11 is 0. The Morgan fingerprint density at radius 2 is 2.06 bits per heavy atom. The predicted octanol–water partition coefficient (Wildman–Crippen LogP) is 1.88. The number of benzene rings is 1. The van der Waals surface area contributed by atoms with Gasteiger partial charge in [-0.1, -0.05) is 31.0 Å². The fourth-order valence-corrected chi connectivity index (χ4v) is 3.59. The molecule has 5 heteroatoms. The molecule has 1 aromatic rings. The molecule has 100 valence electrons. The van der Waals surface area contributed by atoms with Gasteiger partial charge in [0.25, 0.3) is 0 Å². The van der Waals surface area contributed by atoms with Crippen molar-refractivity contribution in [3.05, 3.63) is 29.8 Å². The fourth-order valence-electron chi connectivity index (χ4n) is 2.12. The van der Waals surface area contributed by atoms with E-state index in [1.807, 2.05) is 6.92 Å². The van der Waals surface area contributed by atoms with Crippen molar-refractivity contribution >= 4 is 15.7 Å². The van der Waals surface area contributed by atoms with Gasteiger partial charge in [0.2, 0.25) is 10.0 Å². The maximum Gasteiger partial charge on any atom is 0.216 e. The van der Waals surface area contributed by atoms with Gasteiger partial charge in [0, 0.05) is 11.7 Å². The number of nitrogen functional groups attached to an aromatic ring is 1. The summed E-state index contributed by atoms with van der Waals surface area (Å²) in [6.45, 7) is 1.92. The van der Waals surface area contributed by atoms with Crippen LogP contribution in [-0.4, -0.2) is 14.5 Å². The highest BCUT2D eigenvalue weighted by Crippen LogP contribution is 2.33. The number of para-hydroxylation sites is 1. The minimum Gasteiger partial charge on any atom is -0.398 e. The first-order valence-electron chi connectivity index (χ1n) is 6.29. The molecule has 1 aromatic carbocycles. The van der Waals surface area contributed by atoms with Gasteiger partial charge < -0.3 is 5.73 Å². The van der Waals surface area contributed by atoms with E-state index in [0.717, 1.165) is 6.42 Å². The van der Waals surface area contributed by atoms with E-state index in [9.17, 15) is 8.42 Å². The summed E-state index contributed by atoms with van der Waals surface area (Å²) in [4.78, 5) is 0. The molecule has 0 aromatic heterocycles. The normalized spacial score (nSPS) is 17.6. The first-order valence-corrected chi connectivity index (χ1v) is 7.95. The minimum absolute atomic E-state index is 0.00689. The Kier molecular flexibility index (Phi) is 3.92. The van der Waals surface area contributed by atoms with Crippen molar-refractivity contribution in [3.63, 3.8) is 0 Å². The Hall–Kier alpha value is -1.07. The van der Waals surface area contributed by atoms with E-state index in [1.54, 1.807) is 24.3 Å². The maximum atomic E-state index is 12.0. The van der Waals surface area contributed by atoms with Gasteiger partial charge in [-0.2, -0.15) is 0 Å². The standard InChI is InChI=1S/C13H20N2O2S/c1-10(8-11-6-7-11)15-18(16,17)9-12-4-2-3-5-13(12)14/h2-5,10-11,15H,6-9,14H2,1H3. The molecule has 0 bridgehead atoms. The second kappa shape index (κ2) is 5.28. The summed E-state index contributed by atoms with van der Waals surface area (Å²) in [7, 11) is -3.30. The lowest BCUT2D eigenvalue weighted by Gasteiger charge is -2.14. The van der Waals surface area contributed by atoms with Gasteiger partial charge in [0.1, 0.15) is 0 Å². The highest BCUT2D eigenvalue weighted by Gasteiger charge is 2.25. The Labute approximate surface area is 109 Å². The van der Waals surface area contributed by atoms with Crippen molar-refractivity contribution in [2.24, 2.45) is 5.92 Å². The van der Waals surface area contributed by atoms with Crippen LogP contribution < -0.4 is 10.5 Å². The average molecular weight is 268 g/mol. The zero-order chi connectivity index (χ0) is 13.2. The van der Waals surface area contributed by atoms with Crippen molar-refractivity contribution < 1.29 is 8.42 Å². The van der Waals surface area contributed by atoms with Gasteiger partial charge in [-0.3, -0.25) is 0 Å². The molecular formula is C13H20N2O2S. The fraction of sp³-hybridized carbons (Fsp3) is 0.538. The summed E-state index contributed by atoms with van der Waals surface area (Å²) in [5.74, 6) is 0.666. The van der Waals surface area contributed by atoms with Gasteiger partial charge in [0.05, 0.1) is 5.75 Å². The molecule has 0 saturated heterocycles. The molecule has 1 aliphatic rings. The summed E-state index contributed by atoms with van der Waals surface area (Å²) < 4.78 is 26.7. The molecular weight excluding hydrogens is 248 g/mol. The molecule has 0 heterocycles. The molecule has 0 radical (unpaired) electrons. The molecule has 0 amide bonds. The average Bonchev–Trinajstić information content (AvgIpc) is 3.04. The van der Waals surface area contributed by atoms with E-state index in [2.05, 4.69) is 4.72 Å². The highest BCUT2D eigenvalue weighted by atomic mass is 32.2. The number of hydrogen-bond donors (Lipinski definition) is 2. The van der Waals surface area contributed by atoms with Gasteiger partial charge in [0.15, 0.2) is 0 Å². The van der Waals surface area contributed by atoms with E-state index in [1.165, 1.54) is 12.8 Å². The predicted molar refractivity (Wildman–Crippen MR) is 73.4 cm³/mol. The van der Waals surface area contributed by atoms with Gasteiger partial charge >= 0.3 is 0 Å². The van der Waals surface area contributed by atoms with E-state index >= 15 is 0 Å². The lowest BCUT2D eigenvalue weighted by molar-refractivity contribution is 0.529. The summed E-state index contributed by atoms with van der Waals surface area (Å²) in [6, 6.07) is 7.08. The largest absolute Gasteiger partial charge is 0.398 e. The molecule has 1 aliphatic carbocycles. The second-order valence-electron chi connectivity index (χ2n) is 5.16. The number of rotatable bonds is 6. The number of hydrogen-bond acceptors (Lipinski definition) is 3. The van der Waals surface area contributed by atoms with Crippen molar-refractivity contribution in [3.8, 4) is 0 Å². The molecule has 1 fully saturated rings. The van der Waals surface area contributed by atoms with E-state index in [-0.39, 0.29) is 11.8 Å². The quantitative estimate of drug-likeness (QED) is 0.774. The SMILES string of the molecule is CC(CC1CC1)NS(=O)(=O)Cc1ccccc1N. The first-order chi connectivity index (χ1) is 8.46. The van der Waals surface area contributed by atoms with Crippen LogP contribution in [0, 0.1) is 5.92 Å². The van der Waals surface area contributed by atoms with Gasteiger partial charge in [-0.25, -0.2) is 13.1 Å². The highest BCUT2D eigenvalue weighted by molar-refractivity contribution is 7.88. The Bertz CT molecular complexity index is 509. The first kappa shape index (κ1) is 13.4. The van der Waals surface area contributed by atoms with Crippen molar-refractivity contribution in [1.82, 2.24) is 4.72 Å². The van der Waals surface area contributed by atoms with E-state index in [0.29, 0.717) is 17.2 Å². The van der Waals surface area contributed by atoms with Crippen LogP contribution in [-0.2, 0) is 15.8 Å². The molecule has 18 heavy (non-hydrogen) atoms. The monoisotopic (exact) mass is 268 g/mol. The third kappa shape index (κ3) is 3.99. The van der Waals surface area contributed by atoms with Crippen LogP contribution in [0.5, 0.6) is 0 Å². The third-order valence-electron chi connectivity index (χ3n) is 3.17. The van der Waals surface area contributed by atoms with Crippen LogP contribution >= 0.6 is 0 Å². The summed E-state index contributed by atoms with van der Waals surface area (Å²) in [5, 5.41) is 0. The number of sulfonamides is 1. The van der Waals surface area contributed by atoms with Crippen LogP contribution in [0.1, 0.15) is 31.7 Å². The summed E-state index contributed by atoms with van der Waals surface area (Å²) in [5.41, 5.74) is 6.94. The number of nitrogens with one attached hydrogen (secondary N) is 1. The van der Waals surface area contributed by atoms with Crippen molar-refractivity contribution in [2.75, 3.05) is 5.73 Å². The zero-order valence-corrected chi connectivity index (χ0v) is 11.4. The van der Waals surface area contributed by atoms with Crippen LogP contribution in [0.2, 0.25) is 0 Å². The maximum absolute atomic E-state index is 12.0. The molecule has 2 rings (SSSR count).